The number of benzene rings is 2. The fourth-order valence-corrected chi connectivity index (χ4v) is 2.69. The summed E-state index contributed by atoms with van der Waals surface area (Å²) in [4.78, 5) is 16.5. The highest BCUT2D eigenvalue weighted by Crippen LogP contribution is 2.36. The molecule has 0 aromatic heterocycles. The molecule has 0 aliphatic carbocycles. The van der Waals surface area contributed by atoms with E-state index in [0.29, 0.717) is 13.1 Å². The third kappa shape index (κ3) is 2.92. The lowest BCUT2D eigenvalue weighted by Crippen LogP contribution is -2.25. The lowest BCUT2D eigenvalue weighted by Gasteiger charge is -2.13. The summed E-state index contributed by atoms with van der Waals surface area (Å²) in [6, 6.07) is 10.00. The first-order valence-electron chi connectivity index (χ1n) is 7.62. The molecule has 2 aromatic rings. The molecule has 3 N–H and O–H groups in total. The van der Waals surface area contributed by atoms with Crippen LogP contribution in [0.2, 0.25) is 0 Å². The maximum absolute atomic E-state index is 14.0. The van der Waals surface area contributed by atoms with E-state index >= 15 is 0 Å². The number of guanidine groups is 1. The molecule has 0 bridgehead atoms. The van der Waals surface area contributed by atoms with Gasteiger partial charge in [-0.05, 0) is 18.2 Å². The molecule has 2 aromatic carbocycles. The van der Waals surface area contributed by atoms with Crippen molar-refractivity contribution in [3.05, 3.63) is 52.8 Å². The third-order valence-corrected chi connectivity index (χ3v) is 3.84. The van der Waals surface area contributed by atoms with Crippen LogP contribution in [0.5, 0.6) is 5.75 Å². The van der Waals surface area contributed by atoms with Gasteiger partial charge in [0.15, 0.2) is 5.96 Å². The van der Waals surface area contributed by atoms with E-state index < -0.39 is 17.5 Å². The van der Waals surface area contributed by atoms with Crippen molar-refractivity contribution in [2.45, 2.75) is 0 Å². The Bertz CT molecular complexity index is 1010. The minimum atomic E-state index is -0.820. The Morgan fingerprint density at radius 3 is 2.54 bits per heavy atom. The number of carbonyl (C=O) groups excluding carboxylic acids is 1. The fraction of sp³-hybridized carbons (Fsp3) is 0.111. The summed E-state index contributed by atoms with van der Waals surface area (Å²) in [5, 5.41) is 34.6. The largest absolute Gasteiger partial charge is 0.507 e. The first-order chi connectivity index (χ1) is 12.6. The van der Waals surface area contributed by atoms with Gasteiger partial charge in [-0.2, -0.15) is 15.5 Å². The quantitative estimate of drug-likeness (QED) is 0.758. The number of hydrogen-bond acceptors (Lipinski definition) is 4. The molecule has 0 atom stereocenters. The number of nitrogens with one attached hydrogen (secondary N) is 2. The molecule has 1 amide bonds. The number of phenols is 1. The first kappa shape index (κ1) is 16.9. The van der Waals surface area contributed by atoms with Crippen LogP contribution in [0.3, 0.4) is 0 Å². The second-order valence-electron chi connectivity index (χ2n) is 5.39. The predicted octanol–water partition coefficient (Wildman–Crippen LogP) is 1.63. The summed E-state index contributed by atoms with van der Waals surface area (Å²) in [6.45, 7) is 1.18. The molecule has 3 rings (SSSR count). The van der Waals surface area contributed by atoms with Crippen molar-refractivity contribution in [2.75, 3.05) is 13.1 Å². The van der Waals surface area contributed by atoms with Gasteiger partial charge in [-0.3, -0.25) is 4.79 Å². The SMILES string of the molecule is N#Cc1ccc(O)c(C(=O)N=C2NCCN2)c1-c1cccc(F)c1C#N. The average Bonchev–Trinajstić information content (AvgIpc) is 3.14. The van der Waals surface area contributed by atoms with Crippen molar-refractivity contribution in [3.8, 4) is 29.0 Å². The fourth-order valence-electron chi connectivity index (χ4n) is 2.69. The highest BCUT2D eigenvalue weighted by atomic mass is 19.1. The Kier molecular flexibility index (Phi) is 4.50. The predicted molar refractivity (Wildman–Crippen MR) is 90.7 cm³/mol. The van der Waals surface area contributed by atoms with Gasteiger partial charge in [0.05, 0.1) is 22.8 Å². The van der Waals surface area contributed by atoms with Crippen LogP contribution in [0.4, 0.5) is 4.39 Å². The zero-order valence-corrected chi connectivity index (χ0v) is 13.4. The molecule has 0 spiro atoms. The van der Waals surface area contributed by atoms with Gasteiger partial charge in [-0.1, -0.05) is 12.1 Å². The van der Waals surface area contributed by atoms with E-state index in [-0.39, 0.29) is 33.8 Å². The lowest BCUT2D eigenvalue weighted by atomic mass is 9.90. The van der Waals surface area contributed by atoms with E-state index in [0.717, 1.165) is 6.07 Å². The van der Waals surface area contributed by atoms with Gasteiger partial charge in [-0.25, -0.2) is 4.39 Å². The molecular weight excluding hydrogens is 337 g/mol. The molecule has 128 valence electrons. The van der Waals surface area contributed by atoms with Crippen LogP contribution in [0, 0.1) is 28.5 Å². The second kappa shape index (κ2) is 6.91. The molecule has 0 unspecified atom stereocenters. The highest BCUT2D eigenvalue weighted by Gasteiger charge is 2.24. The van der Waals surface area contributed by atoms with Crippen molar-refractivity contribution < 1.29 is 14.3 Å². The monoisotopic (exact) mass is 349 g/mol. The molecule has 1 aliphatic rings. The number of nitriles is 2. The average molecular weight is 349 g/mol. The van der Waals surface area contributed by atoms with Crippen LogP contribution in [0.15, 0.2) is 35.3 Å². The summed E-state index contributed by atoms with van der Waals surface area (Å²) < 4.78 is 14.0. The summed E-state index contributed by atoms with van der Waals surface area (Å²) >= 11 is 0. The van der Waals surface area contributed by atoms with E-state index in [9.17, 15) is 24.8 Å². The van der Waals surface area contributed by atoms with Crippen molar-refractivity contribution >= 4 is 11.9 Å². The van der Waals surface area contributed by atoms with E-state index in [2.05, 4.69) is 15.6 Å². The van der Waals surface area contributed by atoms with E-state index in [4.69, 9.17) is 0 Å². The normalized spacial score (nSPS) is 12.5. The second-order valence-corrected chi connectivity index (χ2v) is 5.39. The molecule has 1 aliphatic heterocycles. The number of aliphatic imine (C=N–C) groups is 1. The van der Waals surface area contributed by atoms with Crippen LogP contribution < -0.4 is 10.6 Å². The molecule has 0 saturated carbocycles. The van der Waals surface area contributed by atoms with Gasteiger partial charge in [-0.15, -0.1) is 0 Å². The Hall–Kier alpha value is -3.91. The third-order valence-electron chi connectivity index (χ3n) is 3.84. The van der Waals surface area contributed by atoms with Crippen molar-refractivity contribution in [1.82, 2.24) is 10.6 Å². The molecule has 7 nitrogen and oxygen atoms in total. The summed E-state index contributed by atoms with van der Waals surface area (Å²) in [5.41, 5.74) is -0.574. The number of hydrogen-bond donors (Lipinski definition) is 3. The Balaban J connectivity index is 2.29. The Labute approximate surface area is 148 Å². The number of phenolic OH excluding ortho intramolecular Hbond substituents is 1. The Morgan fingerprint density at radius 1 is 1.15 bits per heavy atom. The minimum Gasteiger partial charge on any atom is -0.507 e. The van der Waals surface area contributed by atoms with Gasteiger partial charge in [0.2, 0.25) is 0 Å². The molecule has 1 fully saturated rings. The topological polar surface area (TPSA) is 121 Å². The standard InChI is InChI=1S/C18H12FN5O2/c19-13-3-1-2-11(12(13)9-21)15-10(8-20)4-5-14(25)16(15)17(26)24-18-22-6-7-23-18/h1-5,25H,6-7H2,(H2,22,23,24,26). The van der Waals surface area contributed by atoms with Gasteiger partial charge >= 0.3 is 0 Å². The number of amides is 1. The number of carbonyl (C=O) groups is 1. The highest BCUT2D eigenvalue weighted by molar-refractivity contribution is 6.10. The first-order valence-corrected chi connectivity index (χ1v) is 7.62. The zero-order chi connectivity index (χ0) is 18.7. The number of rotatable bonds is 2. The molecular formula is C18H12FN5O2. The van der Waals surface area contributed by atoms with Crippen LogP contribution in [0.25, 0.3) is 11.1 Å². The van der Waals surface area contributed by atoms with Gasteiger partial charge in [0.25, 0.3) is 5.91 Å². The molecule has 1 heterocycles. The van der Waals surface area contributed by atoms with Gasteiger partial charge in [0.1, 0.15) is 17.6 Å². The number of aromatic hydroxyl groups is 1. The summed E-state index contributed by atoms with van der Waals surface area (Å²) in [7, 11) is 0. The van der Waals surface area contributed by atoms with E-state index in [1.807, 2.05) is 6.07 Å². The maximum atomic E-state index is 14.0. The van der Waals surface area contributed by atoms with Crippen LogP contribution in [-0.4, -0.2) is 30.1 Å². The Morgan fingerprint density at radius 2 is 1.88 bits per heavy atom. The zero-order valence-electron chi connectivity index (χ0n) is 13.4. The lowest BCUT2D eigenvalue weighted by molar-refractivity contribution is 0.100. The van der Waals surface area contributed by atoms with E-state index in [1.54, 1.807) is 6.07 Å². The van der Waals surface area contributed by atoms with Crippen molar-refractivity contribution in [1.29, 1.82) is 10.5 Å². The van der Waals surface area contributed by atoms with Crippen LogP contribution in [0.1, 0.15) is 21.5 Å². The van der Waals surface area contributed by atoms with Crippen LogP contribution >= 0.6 is 0 Å². The summed E-state index contributed by atoms with van der Waals surface area (Å²) in [6.07, 6.45) is 0. The molecule has 26 heavy (non-hydrogen) atoms. The van der Waals surface area contributed by atoms with Crippen LogP contribution in [-0.2, 0) is 0 Å². The molecule has 0 radical (unpaired) electrons. The van der Waals surface area contributed by atoms with Gasteiger partial charge in [0, 0.05) is 24.2 Å². The number of halogens is 1. The van der Waals surface area contributed by atoms with Crippen molar-refractivity contribution in [2.24, 2.45) is 4.99 Å². The smallest absolute Gasteiger partial charge is 0.284 e. The van der Waals surface area contributed by atoms with Gasteiger partial charge < -0.3 is 15.7 Å². The number of nitrogens with zero attached hydrogens (tertiary/aromatic N) is 3. The minimum absolute atomic E-state index is 0.0146. The van der Waals surface area contributed by atoms with E-state index in [1.165, 1.54) is 24.3 Å². The summed E-state index contributed by atoms with van der Waals surface area (Å²) in [5.74, 6) is -1.79. The molecule has 8 heteroatoms. The molecule has 1 saturated heterocycles. The van der Waals surface area contributed by atoms with Crippen molar-refractivity contribution in [3.63, 3.8) is 0 Å². The maximum Gasteiger partial charge on any atom is 0.284 e.